The van der Waals surface area contributed by atoms with E-state index >= 15 is 0 Å². The lowest BCUT2D eigenvalue weighted by Crippen LogP contribution is -2.46. The van der Waals surface area contributed by atoms with Crippen LogP contribution in [0.4, 0.5) is 0 Å². The van der Waals surface area contributed by atoms with Crippen LogP contribution in [0.15, 0.2) is 64.9 Å². The molecule has 0 N–H and O–H groups in total. The van der Waals surface area contributed by atoms with Crippen molar-refractivity contribution < 1.29 is 13.2 Å². The lowest BCUT2D eigenvalue weighted by Gasteiger charge is -2.37. The smallest absolute Gasteiger partial charge is 0.243 e. The normalized spacial score (nSPS) is 16.1. The number of sulfonamides is 1. The van der Waals surface area contributed by atoms with Crippen molar-refractivity contribution in [2.45, 2.75) is 44.6 Å². The number of amides is 1. The summed E-state index contributed by atoms with van der Waals surface area (Å²) in [6.07, 6.45) is 1.42. The molecule has 33 heavy (non-hydrogen) atoms. The molecule has 0 saturated heterocycles. The van der Waals surface area contributed by atoms with Crippen molar-refractivity contribution in [2.75, 3.05) is 19.6 Å². The zero-order chi connectivity index (χ0) is 23.6. The molecule has 0 radical (unpaired) electrons. The second kappa shape index (κ2) is 9.79. The van der Waals surface area contributed by atoms with Gasteiger partial charge in [-0.3, -0.25) is 4.79 Å². The summed E-state index contributed by atoms with van der Waals surface area (Å²) in [5.41, 5.74) is 4.35. The molecule has 1 unspecified atom stereocenters. The molecule has 0 bridgehead atoms. The molecular weight excluding hydrogens is 452 g/mol. The van der Waals surface area contributed by atoms with Crippen LogP contribution in [0.5, 0.6) is 0 Å². The summed E-state index contributed by atoms with van der Waals surface area (Å²) in [5.74, 6) is -0.165. The van der Waals surface area contributed by atoms with Crippen LogP contribution >= 0.6 is 11.3 Å². The molecule has 0 saturated carbocycles. The van der Waals surface area contributed by atoms with E-state index in [9.17, 15) is 13.2 Å². The lowest BCUT2D eigenvalue weighted by molar-refractivity contribution is -0.133. The minimum atomic E-state index is -3.76. The van der Waals surface area contributed by atoms with Crippen LogP contribution in [0.1, 0.15) is 46.5 Å². The SMILES string of the molecule is CCCN(CC(=O)N1CCc2sccc2C1c1ccc(C)cc1)S(=O)(=O)c1ccc(C)cc1. The summed E-state index contributed by atoms with van der Waals surface area (Å²) < 4.78 is 28.0. The Morgan fingerprint density at radius 1 is 1.03 bits per heavy atom. The van der Waals surface area contributed by atoms with Gasteiger partial charge >= 0.3 is 0 Å². The molecule has 0 aliphatic carbocycles. The summed E-state index contributed by atoms with van der Waals surface area (Å²) in [6.45, 7) is 6.61. The van der Waals surface area contributed by atoms with Crippen molar-refractivity contribution in [1.82, 2.24) is 9.21 Å². The molecule has 7 heteroatoms. The number of nitrogens with zero attached hydrogens (tertiary/aromatic N) is 2. The number of carbonyl (C=O) groups excluding carboxylic acids is 1. The largest absolute Gasteiger partial charge is 0.330 e. The average molecular weight is 483 g/mol. The topological polar surface area (TPSA) is 57.7 Å². The van der Waals surface area contributed by atoms with Gasteiger partial charge in [-0.25, -0.2) is 8.42 Å². The first-order chi connectivity index (χ1) is 15.8. The Hall–Kier alpha value is -2.48. The van der Waals surface area contributed by atoms with Gasteiger partial charge in [0.15, 0.2) is 0 Å². The van der Waals surface area contributed by atoms with Crippen LogP contribution in [-0.4, -0.2) is 43.2 Å². The third-order valence-corrected chi connectivity index (χ3v) is 8.98. The van der Waals surface area contributed by atoms with Crippen LogP contribution in [0.25, 0.3) is 0 Å². The van der Waals surface area contributed by atoms with E-state index in [0.29, 0.717) is 19.5 Å². The summed E-state index contributed by atoms with van der Waals surface area (Å²) in [5, 5.41) is 2.07. The van der Waals surface area contributed by atoms with Gasteiger partial charge in [0, 0.05) is 18.0 Å². The monoisotopic (exact) mass is 482 g/mol. The quantitative estimate of drug-likeness (QED) is 0.479. The fraction of sp³-hybridized carbons (Fsp3) is 0.346. The minimum Gasteiger partial charge on any atom is -0.330 e. The number of benzene rings is 2. The van der Waals surface area contributed by atoms with E-state index in [1.807, 2.05) is 25.7 Å². The zero-order valence-corrected chi connectivity index (χ0v) is 21.0. The molecule has 1 aliphatic heterocycles. The molecule has 2 heterocycles. The molecule has 174 valence electrons. The second-order valence-corrected chi connectivity index (χ2v) is 11.5. The van der Waals surface area contributed by atoms with Crippen molar-refractivity contribution in [1.29, 1.82) is 0 Å². The van der Waals surface area contributed by atoms with Crippen molar-refractivity contribution in [3.8, 4) is 0 Å². The Kier molecular flexibility index (Phi) is 7.02. The zero-order valence-electron chi connectivity index (χ0n) is 19.3. The molecule has 1 aromatic heterocycles. The Morgan fingerprint density at radius 3 is 2.30 bits per heavy atom. The first kappa shape index (κ1) is 23.7. The maximum absolute atomic E-state index is 13.6. The number of hydrogen-bond donors (Lipinski definition) is 0. The summed E-state index contributed by atoms with van der Waals surface area (Å²) in [7, 11) is -3.76. The third kappa shape index (κ3) is 4.90. The highest BCUT2D eigenvalue weighted by atomic mass is 32.2. The van der Waals surface area contributed by atoms with Crippen molar-refractivity contribution in [3.05, 3.63) is 87.1 Å². The van der Waals surface area contributed by atoms with Gasteiger partial charge in [0.05, 0.1) is 17.5 Å². The van der Waals surface area contributed by atoms with Gasteiger partial charge in [0.25, 0.3) is 0 Å². The van der Waals surface area contributed by atoms with Gasteiger partial charge in [-0.15, -0.1) is 11.3 Å². The van der Waals surface area contributed by atoms with Crippen LogP contribution < -0.4 is 0 Å². The van der Waals surface area contributed by atoms with Gasteiger partial charge in [0.2, 0.25) is 15.9 Å². The van der Waals surface area contributed by atoms with E-state index in [1.165, 1.54) is 9.18 Å². The molecule has 0 fully saturated rings. The number of carbonyl (C=O) groups is 1. The first-order valence-corrected chi connectivity index (χ1v) is 13.6. The van der Waals surface area contributed by atoms with Gasteiger partial charge in [-0.1, -0.05) is 54.4 Å². The fourth-order valence-corrected chi connectivity index (χ4v) is 6.71. The van der Waals surface area contributed by atoms with Crippen LogP contribution in [0.2, 0.25) is 0 Å². The van der Waals surface area contributed by atoms with E-state index in [-0.39, 0.29) is 23.4 Å². The number of thiophene rings is 1. The predicted octanol–water partition coefficient (Wildman–Crippen LogP) is 4.94. The Bertz CT molecular complexity index is 1220. The standard InChI is InChI=1S/C26H30N2O3S2/c1-4-15-27(33(30,31)22-11-7-20(3)8-12-22)18-25(29)28-16-13-24-23(14-17-32-24)26(28)21-9-5-19(2)6-10-21/h5-12,14,17,26H,4,13,15-16,18H2,1-3H3. The molecule has 4 rings (SSSR count). The number of aryl methyl sites for hydroxylation is 2. The molecule has 1 atom stereocenters. The first-order valence-electron chi connectivity index (χ1n) is 11.3. The van der Waals surface area contributed by atoms with Gasteiger partial charge in [-0.2, -0.15) is 4.31 Å². The maximum atomic E-state index is 13.6. The van der Waals surface area contributed by atoms with Crippen LogP contribution in [0.3, 0.4) is 0 Å². The van der Waals surface area contributed by atoms with Gasteiger partial charge < -0.3 is 4.90 Å². The summed E-state index contributed by atoms with van der Waals surface area (Å²) >= 11 is 1.72. The van der Waals surface area contributed by atoms with E-state index in [4.69, 9.17) is 0 Å². The molecule has 1 aliphatic rings. The molecule has 5 nitrogen and oxygen atoms in total. The number of rotatable bonds is 7. The van der Waals surface area contributed by atoms with Crippen molar-refractivity contribution >= 4 is 27.3 Å². The number of fused-ring (bicyclic) bond motifs is 1. The van der Waals surface area contributed by atoms with E-state index in [2.05, 4.69) is 35.7 Å². The van der Waals surface area contributed by atoms with Crippen molar-refractivity contribution in [3.63, 3.8) is 0 Å². The lowest BCUT2D eigenvalue weighted by atomic mass is 9.92. The molecular formula is C26H30N2O3S2. The Morgan fingerprint density at radius 2 is 1.67 bits per heavy atom. The Labute approximate surface area is 200 Å². The average Bonchev–Trinajstić information content (AvgIpc) is 3.28. The highest BCUT2D eigenvalue weighted by Gasteiger charge is 2.35. The molecule has 0 spiro atoms. The van der Waals surface area contributed by atoms with E-state index in [1.54, 1.807) is 35.6 Å². The highest BCUT2D eigenvalue weighted by molar-refractivity contribution is 7.89. The summed E-state index contributed by atoms with van der Waals surface area (Å²) in [4.78, 5) is 17.0. The van der Waals surface area contributed by atoms with Crippen molar-refractivity contribution in [2.24, 2.45) is 0 Å². The second-order valence-electron chi connectivity index (χ2n) is 8.60. The maximum Gasteiger partial charge on any atom is 0.243 e. The van der Waals surface area contributed by atoms with Gasteiger partial charge in [-0.05, 0) is 61.4 Å². The predicted molar refractivity (Wildman–Crippen MR) is 133 cm³/mol. The number of hydrogen-bond acceptors (Lipinski definition) is 4. The third-order valence-electron chi connectivity index (χ3n) is 6.12. The van der Waals surface area contributed by atoms with E-state index in [0.717, 1.165) is 28.7 Å². The minimum absolute atomic E-state index is 0.161. The molecule has 3 aromatic rings. The van der Waals surface area contributed by atoms with Crippen LogP contribution in [-0.2, 0) is 21.2 Å². The highest BCUT2D eigenvalue weighted by Crippen LogP contribution is 2.38. The summed E-state index contributed by atoms with van der Waals surface area (Å²) in [6, 6.07) is 17.0. The van der Waals surface area contributed by atoms with E-state index < -0.39 is 10.0 Å². The molecule has 2 aromatic carbocycles. The van der Waals surface area contributed by atoms with Crippen LogP contribution in [0, 0.1) is 13.8 Å². The molecule has 1 amide bonds. The van der Waals surface area contributed by atoms with Gasteiger partial charge in [0.1, 0.15) is 0 Å². The fourth-order valence-electron chi connectivity index (χ4n) is 4.33. The Balaban J connectivity index is 1.64.